The van der Waals surface area contributed by atoms with Gasteiger partial charge in [-0.1, -0.05) is 23.7 Å². The first-order valence-electron chi connectivity index (χ1n) is 7.30. The summed E-state index contributed by atoms with van der Waals surface area (Å²) in [4.78, 5) is 25.0. The Hall–Kier alpha value is -2.38. The Morgan fingerprint density at radius 1 is 1.39 bits per heavy atom. The van der Waals surface area contributed by atoms with Gasteiger partial charge in [-0.15, -0.1) is 0 Å². The van der Waals surface area contributed by atoms with E-state index >= 15 is 0 Å². The Morgan fingerprint density at radius 3 is 2.78 bits per heavy atom. The average Bonchev–Trinajstić information content (AvgIpc) is 3.22. The summed E-state index contributed by atoms with van der Waals surface area (Å²) in [6, 6.07) is 10.7. The molecular weight excluding hydrogens is 314 g/mol. The molecule has 1 fully saturated rings. The molecule has 0 amide bonds. The van der Waals surface area contributed by atoms with Gasteiger partial charge in [-0.25, -0.2) is 0 Å². The van der Waals surface area contributed by atoms with E-state index < -0.39 is 11.7 Å². The summed E-state index contributed by atoms with van der Waals surface area (Å²) in [6.07, 6.45) is 2.03. The van der Waals surface area contributed by atoms with Crippen LogP contribution in [0.3, 0.4) is 0 Å². The minimum Gasteiger partial charge on any atom is -0.469 e. The molecule has 0 bridgehead atoms. The fraction of sp³-hybridized carbons (Fsp3) is 0.278. The number of carbonyl (C=O) groups excluding carboxylic acids is 2. The van der Waals surface area contributed by atoms with Gasteiger partial charge >= 0.3 is 0 Å². The molecule has 0 aliphatic heterocycles. The molecule has 23 heavy (non-hydrogen) atoms. The molecule has 0 radical (unpaired) electrons. The van der Waals surface area contributed by atoms with Crippen molar-refractivity contribution in [1.82, 2.24) is 0 Å². The van der Waals surface area contributed by atoms with E-state index in [9.17, 15) is 14.9 Å². The number of nitriles is 1. The molecule has 1 saturated carbocycles. The maximum Gasteiger partial charge on any atom is 0.191 e. The molecule has 0 N–H and O–H groups in total. The SMILES string of the molecule is Cc1occc1C(=O)[C@H](C#N)C(=O)[C@@H]1C[C@@H]1c1cccc(Cl)c1. The summed E-state index contributed by atoms with van der Waals surface area (Å²) in [6.45, 7) is 1.64. The predicted octanol–water partition coefficient (Wildman–Crippen LogP) is 3.94. The van der Waals surface area contributed by atoms with Crippen molar-refractivity contribution in [2.45, 2.75) is 19.3 Å². The molecule has 1 aromatic heterocycles. The van der Waals surface area contributed by atoms with Crippen molar-refractivity contribution in [1.29, 1.82) is 5.26 Å². The lowest BCUT2D eigenvalue weighted by molar-refractivity contribution is -0.121. The standard InChI is InChI=1S/C18H14ClNO3/c1-10-13(5-6-23-10)17(21)16(9-20)18(22)15-8-14(15)11-3-2-4-12(19)7-11/h2-7,14-16H,8H2,1H3/t14-,15-,16+/m1/s1. The third-order valence-corrected chi connectivity index (χ3v) is 4.47. The number of nitrogens with zero attached hydrogens (tertiary/aromatic N) is 1. The number of hydrogen-bond donors (Lipinski definition) is 0. The minimum atomic E-state index is -1.28. The molecule has 4 nitrogen and oxygen atoms in total. The van der Waals surface area contributed by atoms with Crippen LogP contribution in [0.25, 0.3) is 0 Å². The number of furan rings is 1. The first-order chi connectivity index (χ1) is 11.0. The second-order valence-electron chi connectivity index (χ2n) is 5.72. The summed E-state index contributed by atoms with van der Waals surface area (Å²) < 4.78 is 5.08. The molecule has 0 saturated heterocycles. The Balaban J connectivity index is 1.76. The number of carbonyl (C=O) groups is 2. The summed E-state index contributed by atoms with van der Waals surface area (Å²) >= 11 is 5.97. The van der Waals surface area contributed by atoms with Gasteiger partial charge in [-0.3, -0.25) is 9.59 Å². The van der Waals surface area contributed by atoms with Crippen molar-refractivity contribution < 1.29 is 14.0 Å². The number of rotatable bonds is 5. The summed E-state index contributed by atoms with van der Waals surface area (Å²) in [5.41, 5.74) is 1.27. The zero-order valence-corrected chi connectivity index (χ0v) is 13.2. The number of halogens is 1. The quantitative estimate of drug-likeness (QED) is 0.616. The van der Waals surface area contributed by atoms with Gasteiger partial charge in [0.05, 0.1) is 17.9 Å². The van der Waals surface area contributed by atoms with E-state index in [0.29, 0.717) is 22.8 Å². The number of ketones is 2. The lowest BCUT2D eigenvalue weighted by Crippen LogP contribution is -2.24. The molecule has 3 atom stereocenters. The Morgan fingerprint density at radius 2 is 2.17 bits per heavy atom. The first-order valence-corrected chi connectivity index (χ1v) is 7.68. The van der Waals surface area contributed by atoms with Crippen LogP contribution >= 0.6 is 11.6 Å². The van der Waals surface area contributed by atoms with Crippen LogP contribution in [0, 0.1) is 30.1 Å². The predicted molar refractivity (Wildman–Crippen MR) is 84.2 cm³/mol. The molecule has 116 valence electrons. The lowest BCUT2D eigenvalue weighted by atomic mass is 9.91. The van der Waals surface area contributed by atoms with Crippen LogP contribution < -0.4 is 0 Å². The maximum atomic E-state index is 12.5. The molecule has 2 aromatic rings. The maximum absolute atomic E-state index is 12.5. The summed E-state index contributed by atoms with van der Waals surface area (Å²) in [5, 5.41) is 9.90. The Kier molecular flexibility index (Phi) is 4.06. The van der Waals surface area contributed by atoms with Crippen molar-refractivity contribution in [2.24, 2.45) is 11.8 Å². The zero-order chi connectivity index (χ0) is 16.6. The van der Waals surface area contributed by atoms with Crippen LogP contribution in [0.2, 0.25) is 5.02 Å². The molecule has 1 heterocycles. The van der Waals surface area contributed by atoms with Crippen LogP contribution in [0.15, 0.2) is 41.0 Å². The van der Waals surface area contributed by atoms with E-state index in [1.807, 2.05) is 24.3 Å². The van der Waals surface area contributed by atoms with E-state index in [1.54, 1.807) is 13.0 Å². The fourth-order valence-corrected chi connectivity index (χ4v) is 3.08. The van der Waals surface area contributed by atoms with Crippen molar-refractivity contribution in [3.63, 3.8) is 0 Å². The summed E-state index contributed by atoms with van der Waals surface area (Å²) in [7, 11) is 0. The van der Waals surface area contributed by atoms with Gasteiger partial charge in [0.15, 0.2) is 17.5 Å². The molecule has 5 heteroatoms. The van der Waals surface area contributed by atoms with Crippen LogP contribution in [-0.4, -0.2) is 11.6 Å². The highest BCUT2D eigenvalue weighted by Crippen LogP contribution is 2.49. The van der Waals surface area contributed by atoms with Gasteiger partial charge in [0.1, 0.15) is 5.76 Å². The van der Waals surface area contributed by atoms with Crippen LogP contribution in [0.5, 0.6) is 0 Å². The van der Waals surface area contributed by atoms with Gasteiger partial charge in [0, 0.05) is 10.9 Å². The Labute approximate surface area is 138 Å². The second-order valence-corrected chi connectivity index (χ2v) is 6.16. The number of hydrogen-bond acceptors (Lipinski definition) is 4. The van der Waals surface area contributed by atoms with Crippen LogP contribution in [0.4, 0.5) is 0 Å². The molecule has 0 spiro atoms. The molecular formula is C18H14ClNO3. The third-order valence-electron chi connectivity index (χ3n) is 4.23. The van der Waals surface area contributed by atoms with Crippen molar-refractivity contribution in [3.05, 3.63) is 58.5 Å². The van der Waals surface area contributed by atoms with Gasteiger partial charge in [-0.2, -0.15) is 5.26 Å². The molecule has 1 aromatic carbocycles. The van der Waals surface area contributed by atoms with Crippen molar-refractivity contribution in [2.75, 3.05) is 0 Å². The minimum absolute atomic E-state index is 0.0373. The first kappa shape index (κ1) is 15.5. The van der Waals surface area contributed by atoms with Gasteiger partial charge in [-0.05, 0) is 43.0 Å². The van der Waals surface area contributed by atoms with E-state index in [1.165, 1.54) is 12.3 Å². The largest absolute Gasteiger partial charge is 0.469 e. The van der Waals surface area contributed by atoms with Crippen molar-refractivity contribution >= 4 is 23.2 Å². The second kappa shape index (κ2) is 6.02. The van der Waals surface area contributed by atoms with Gasteiger partial charge in [0.25, 0.3) is 0 Å². The van der Waals surface area contributed by atoms with E-state index in [4.69, 9.17) is 16.0 Å². The van der Waals surface area contributed by atoms with E-state index in [-0.39, 0.29) is 17.6 Å². The highest BCUT2D eigenvalue weighted by atomic mass is 35.5. The van der Waals surface area contributed by atoms with Gasteiger partial charge < -0.3 is 4.42 Å². The lowest BCUT2D eigenvalue weighted by Gasteiger charge is -2.07. The number of Topliss-reactive ketones (excluding diaryl/α,β-unsaturated/α-hetero) is 2. The Bertz CT molecular complexity index is 818. The average molecular weight is 328 g/mol. The third kappa shape index (κ3) is 2.93. The highest BCUT2D eigenvalue weighted by Gasteiger charge is 2.48. The molecule has 1 aliphatic rings. The topological polar surface area (TPSA) is 71.1 Å². The van der Waals surface area contributed by atoms with Crippen LogP contribution in [-0.2, 0) is 4.79 Å². The fourth-order valence-electron chi connectivity index (χ4n) is 2.88. The normalized spacial score (nSPS) is 20.6. The molecule has 1 aliphatic carbocycles. The van der Waals surface area contributed by atoms with E-state index in [2.05, 4.69) is 0 Å². The number of benzene rings is 1. The van der Waals surface area contributed by atoms with Gasteiger partial charge in [0.2, 0.25) is 0 Å². The van der Waals surface area contributed by atoms with E-state index in [0.717, 1.165) is 5.56 Å². The smallest absolute Gasteiger partial charge is 0.191 e. The molecule has 0 unspecified atom stereocenters. The molecule has 3 rings (SSSR count). The zero-order valence-electron chi connectivity index (χ0n) is 12.5. The number of aryl methyl sites for hydroxylation is 1. The summed E-state index contributed by atoms with van der Waals surface area (Å²) in [5.74, 6) is -1.92. The van der Waals surface area contributed by atoms with Crippen LogP contribution in [0.1, 0.15) is 34.0 Å². The highest BCUT2D eigenvalue weighted by molar-refractivity contribution is 6.30. The monoisotopic (exact) mass is 327 g/mol. The van der Waals surface area contributed by atoms with Crippen molar-refractivity contribution in [3.8, 4) is 6.07 Å².